The maximum Gasteiger partial charge on any atom is 0.251 e. The number of benzene rings is 2. The number of hydrogen-bond acceptors (Lipinski definition) is 2. The molecule has 3 rings (SSSR count). The SMILES string of the molecule is CC(C)Cn1c(CCCNC(=O)c2ccc(Br)cc2)nc2ccccc21. The van der Waals surface area contributed by atoms with E-state index in [2.05, 4.69) is 57.9 Å². The molecule has 26 heavy (non-hydrogen) atoms. The summed E-state index contributed by atoms with van der Waals surface area (Å²) >= 11 is 3.38. The number of carbonyl (C=O) groups excluding carboxylic acids is 1. The molecule has 136 valence electrons. The van der Waals surface area contributed by atoms with E-state index in [9.17, 15) is 4.79 Å². The Labute approximate surface area is 162 Å². The van der Waals surface area contributed by atoms with Gasteiger partial charge >= 0.3 is 0 Å². The molecule has 0 saturated carbocycles. The zero-order chi connectivity index (χ0) is 18.5. The second kappa shape index (κ2) is 8.49. The number of halogens is 1. The molecule has 3 aromatic rings. The summed E-state index contributed by atoms with van der Waals surface area (Å²) in [4.78, 5) is 17.0. The highest BCUT2D eigenvalue weighted by Crippen LogP contribution is 2.19. The number of carbonyl (C=O) groups is 1. The van der Waals surface area contributed by atoms with Crippen LogP contribution in [0.25, 0.3) is 11.0 Å². The summed E-state index contributed by atoms with van der Waals surface area (Å²) in [5, 5.41) is 2.99. The lowest BCUT2D eigenvalue weighted by molar-refractivity contribution is 0.0953. The summed E-state index contributed by atoms with van der Waals surface area (Å²) in [6.07, 6.45) is 1.71. The Morgan fingerprint density at radius 2 is 1.88 bits per heavy atom. The zero-order valence-corrected chi connectivity index (χ0v) is 16.8. The van der Waals surface area contributed by atoms with Gasteiger partial charge in [-0.1, -0.05) is 41.9 Å². The fraction of sp³-hybridized carbons (Fsp3) is 0.333. The number of nitrogens with one attached hydrogen (secondary N) is 1. The average molecular weight is 414 g/mol. The van der Waals surface area contributed by atoms with E-state index in [4.69, 9.17) is 4.98 Å². The monoisotopic (exact) mass is 413 g/mol. The first-order chi connectivity index (χ1) is 12.5. The Bertz CT molecular complexity index is 884. The first-order valence-electron chi connectivity index (χ1n) is 9.02. The molecule has 0 atom stereocenters. The van der Waals surface area contributed by atoms with Gasteiger partial charge in [0.1, 0.15) is 5.82 Å². The first-order valence-corrected chi connectivity index (χ1v) is 9.82. The summed E-state index contributed by atoms with van der Waals surface area (Å²) in [5.41, 5.74) is 2.91. The third kappa shape index (κ3) is 4.52. The van der Waals surface area contributed by atoms with Crippen LogP contribution in [0.4, 0.5) is 0 Å². The van der Waals surface area contributed by atoms with Gasteiger partial charge in [-0.25, -0.2) is 4.98 Å². The van der Waals surface area contributed by atoms with E-state index < -0.39 is 0 Å². The molecule has 0 aliphatic rings. The van der Waals surface area contributed by atoms with Gasteiger partial charge in [0.25, 0.3) is 5.91 Å². The standard InChI is InChI=1S/C21H24BrN3O/c1-15(2)14-25-19-7-4-3-6-18(19)24-20(25)8-5-13-23-21(26)16-9-11-17(22)12-10-16/h3-4,6-7,9-12,15H,5,8,13-14H2,1-2H3,(H,23,26). The number of fused-ring (bicyclic) bond motifs is 1. The summed E-state index contributed by atoms with van der Waals surface area (Å²) < 4.78 is 3.29. The van der Waals surface area contributed by atoms with Crippen molar-refractivity contribution in [2.75, 3.05) is 6.54 Å². The van der Waals surface area contributed by atoms with Crippen LogP contribution >= 0.6 is 15.9 Å². The van der Waals surface area contributed by atoms with Crippen LogP contribution in [0.1, 0.15) is 36.5 Å². The Kier molecular flexibility index (Phi) is 6.09. The maximum absolute atomic E-state index is 12.2. The number of imidazole rings is 1. The quantitative estimate of drug-likeness (QED) is 0.564. The van der Waals surface area contributed by atoms with Gasteiger partial charge in [-0.2, -0.15) is 0 Å². The normalized spacial score (nSPS) is 11.2. The average Bonchev–Trinajstić information content (AvgIpc) is 2.96. The predicted molar refractivity (Wildman–Crippen MR) is 109 cm³/mol. The lowest BCUT2D eigenvalue weighted by Crippen LogP contribution is -2.25. The third-order valence-electron chi connectivity index (χ3n) is 4.25. The predicted octanol–water partition coefficient (Wildman–Crippen LogP) is 4.82. The number of rotatable bonds is 7. The van der Waals surface area contributed by atoms with E-state index in [-0.39, 0.29) is 5.91 Å². The highest BCUT2D eigenvalue weighted by Gasteiger charge is 2.11. The van der Waals surface area contributed by atoms with E-state index in [1.54, 1.807) is 0 Å². The molecular weight excluding hydrogens is 390 g/mol. The van der Waals surface area contributed by atoms with Crippen molar-refractivity contribution in [2.24, 2.45) is 5.92 Å². The van der Waals surface area contributed by atoms with Crippen molar-refractivity contribution in [1.29, 1.82) is 0 Å². The number of aromatic nitrogens is 2. The molecule has 1 heterocycles. The van der Waals surface area contributed by atoms with Crippen LogP contribution in [0.3, 0.4) is 0 Å². The van der Waals surface area contributed by atoms with E-state index in [0.29, 0.717) is 18.0 Å². The largest absolute Gasteiger partial charge is 0.352 e. The molecule has 0 aliphatic heterocycles. The minimum atomic E-state index is -0.0341. The van der Waals surface area contributed by atoms with Gasteiger partial charge in [0, 0.05) is 29.5 Å². The molecule has 1 N–H and O–H groups in total. The molecule has 0 spiro atoms. The molecule has 0 radical (unpaired) electrons. The molecule has 0 saturated heterocycles. The van der Waals surface area contributed by atoms with Gasteiger partial charge in [-0.15, -0.1) is 0 Å². The second-order valence-corrected chi connectivity index (χ2v) is 7.80. The van der Waals surface area contributed by atoms with E-state index in [1.807, 2.05) is 30.3 Å². The van der Waals surface area contributed by atoms with E-state index in [1.165, 1.54) is 5.52 Å². The van der Waals surface area contributed by atoms with Gasteiger partial charge in [0.05, 0.1) is 11.0 Å². The Morgan fingerprint density at radius 3 is 2.62 bits per heavy atom. The van der Waals surface area contributed by atoms with Crippen LogP contribution in [0, 0.1) is 5.92 Å². The number of amides is 1. The number of aryl methyl sites for hydroxylation is 1. The molecule has 1 amide bonds. The fourth-order valence-corrected chi connectivity index (χ4v) is 3.30. The van der Waals surface area contributed by atoms with Crippen molar-refractivity contribution in [1.82, 2.24) is 14.9 Å². The van der Waals surface area contributed by atoms with Crippen molar-refractivity contribution in [3.8, 4) is 0 Å². The van der Waals surface area contributed by atoms with Crippen LogP contribution in [-0.2, 0) is 13.0 Å². The Balaban J connectivity index is 1.61. The van der Waals surface area contributed by atoms with E-state index >= 15 is 0 Å². The smallest absolute Gasteiger partial charge is 0.251 e. The Morgan fingerprint density at radius 1 is 1.15 bits per heavy atom. The van der Waals surface area contributed by atoms with Crippen molar-refractivity contribution >= 4 is 32.9 Å². The van der Waals surface area contributed by atoms with Gasteiger partial charge in [-0.05, 0) is 48.7 Å². The minimum absolute atomic E-state index is 0.0341. The summed E-state index contributed by atoms with van der Waals surface area (Å²) in [6, 6.07) is 15.7. The first kappa shape index (κ1) is 18.6. The molecule has 1 aromatic heterocycles. The molecule has 0 aliphatic carbocycles. The minimum Gasteiger partial charge on any atom is -0.352 e. The second-order valence-electron chi connectivity index (χ2n) is 6.89. The van der Waals surface area contributed by atoms with Crippen molar-refractivity contribution in [2.45, 2.75) is 33.2 Å². The highest BCUT2D eigenvalue weighted by atomic mass is 79.9. The van der Waals surface area contributed by atoms with Crippen molar-refractivity contribution < 1.29 is 4.79 Å². The molecule has 0 bridgehead atoms. The number of nitrogens with zero attached hydrogens (tertiary/aromatic N) is 2. The van der Waals surface area contributed by atoms with Crippen molar-refractivity contribution in [3.05, 3.63) is 64.4 Å². The molecule has 2 aromatic carbocycles. The van der Waals surface area contributed by atoms with Crippen molar-refractivity contribution in [3.63, 3.8) is 0 Å². The zero-order valence-electron chi connectivity index (χ0n) is 15.2. The third-order valence-corrected chi connectivity index (χ3v) is 4.78. The molecule has 0 fully saturated rings. The molecule has 4 nitrogen and oxygen atoms in total. The summed E-state index contributed by atoms with van der Waals surface area (Å²) in [7, 11) is 0. The van der Waals surface area contributed by atoms with Crippen LogP contribution in [0.2, 0.25) is 0 Å². The van der Waals surface area contributed by atoms with Crippen LogP contribution in [0.15, 0.2) is 53.0 Å². The molecule has 0 unspecified atom stereocenters. The lowest BCUT2D eigenvalue weighted by atomic mass is 10.2. The fourth-order valence-electron chi connectivity index (χ4n) is 3.04. The van der Waals surface area contributed by atoms with Gasteiger partial charge in [0.15, 0.2) is 0 Å². The topological polar surface area (TPSA) is 46.9 Å². The van der Waals surface area contributed by atoms with Crippen LogP contribution < -0.4 is 5.32 Å². The number of hydrogen-bond donors (Lipinski definition) is 1. The summed E-state index contributed by atoms with van der Waals surface area (Å²) in [5.74, 6) is 1.62. The maximum atomic E-state index is 12.2. The summed E-state index contributed by atoms with van der Waals surface area (Å²) in [6.45, 7) is 6.04. The van der Waals surface area contributed by atoms with Gasteiger partial charge < -0.3 is 9.88 Å². The van der Waals surface area contributed by atoms with Gasteiger partial charge in [0.2, 0.25) is 0 Å². The van der Waals surface area contributed by atoms with E-state index in [0.717, 1.165) is 35.2 Å². The highest BCUT2D eigenvalue weighted by molar-refractivity contribution is 9.10. The van der Waals surface area contributed by atoms with Gasteiger partial charge in [-0.3, -0.25) is 4.79 Å². The molecule has 5 heteroatoms. The lowest BCUT2D eigenvalue weighted by Gasteiger charge is -2.12. The van der Waals surface area contributed by atoms with Crippen LogP contribution in [0.5, 0.6) is 0 Å². The van der Waals surface area contributed by atoms with Crippen LogP contribution in [-0.4, -0.2) is 22.0 Å². The molecular formula is C21H24BrN3O. The Hall–Kier alpha value is -2.14. The number of para-hydroxylation sites is 2.